The van der Waals surface area contributed by atoms with Crippen LogP contribution in [0.25, 0.3) is 0 Å². The standard InChI is InChI=1S/C16H20N4O/c1-12-5-4-8-19-15(12)10-20(11-16(18)21)9-13-6-2-3-7-14(13)17/h2-8H,9-11,17H2,1H3,(H2,18,21). The number of pyridine rings is 1. The van der Waals surface area contributed by atoms with E-state index in [1.165, 1.54) is 0 Å². The fraction of sp³-hybridized carbons (Fsp3) is 0.250. The summed E-state index contributed by atoms with van der Waals surface area (Å²) >= 11 is 0. The summed E-state index contributed by atoms with van der Waals surface area (Å²) in [5.41, 5.74) is 15.0. The molecule has 1 heterocycles. The van der Waals surface area contributed by atoms with Crippen molar-refractivity contribution >= 4 is 11.6 Å². The van der Waals surface area contributed by atoms with E-state index < -0.39 is 0 Å². The third-order valence-corrected chi connectivity index (χ3v) is 3.32. The number of nitrogens with zero attached hydrogens (tertiary/aromatic N) is 2. The molecule has 21 heavy (non-hydrogen) atoms. The number of anilines is 1. The predicted molar refractivity (Wildman–Crippen MR) is 83.1 cm³/mol. The van der Waals surface area contributed by atoms with E-state index >= 15 is 0 Å². The van der Waals surface area contributed by atoms with Gasteiger partial charge in [0.15, 0.2) is 0 Å². The molecule has 0 radical (unpaired) electrons. The highest BCUT2D eigenvalue weighted by Gasteiger charge is 2.13. The first-order valence-electron chi connectivity index (χ1n) is 6.81. The lowest BCUT2D eigenvalue weighted by atomic mass is 10.1. The first-order chi connectivity index (χ1) is 10.1. The molecule has 5 nitrogen and oxygen atoms in total. The van der Waals surface area contributed by atoms with Crippen molar-refractivity contribution in [2.24, 2.45) is 5.73 Å². The van der Waals surface area contributed by atoms with Gasteiger partial charge in [0.25, 0.3) is 0 Å². The van der Waals surface area contributed by atoms with Crippen molar-refractivity contribution in [3.8, 4) is 0 Å². The van der Waals surface area contributed by atoms with E-state index in [0.717, 1.165) is 16.8 Å². The minimum Gasteiger partial charge on any atom is -0.398 e. The number of carbonyl (C=O) groups excluding carboxylic acids is 1. The van der Waals surface area contributed by atoms with Gasteiger partial charge >= 0.3 is 0 Å². The highest BCUT2D eigenvalue weighted by molar-refractivity contribution is 5.75. The number of rotatable bonds is 6. The molecule has 0 atom stereocenters. The van der Waals surface area contributed by atoms with Crippen molar-refractivity contribution in [3.63, 3.8) is 0 Å². The average Bonchev–Trinajstić information content (AvgIpc) is 2.43. The smallest absolute Gasteiger partial charge is 0.231 e. The molecule has 0 fully saturated rings. The van der Waals surface area contributed by atoms with Crippen LogP contribution in [-0.2, 0) is 17.9 Å². The zero-order chi connectivity index (χ0) is 15.2. The van der Waals surface area contributed by atoms with Crippen molar-refractivity contribution in [2.75, 3.05) is 12.3 Å². The molecule has 110 valence electrons. The van der Waals surface area contributed by atoms with Crippen LogP contribution in [0.4, 0.5) is 5.69 Å². The molecule has 0 spiro atoms. The Kier molecular flexibility index (Phi) is 4.90. The van der Waals surface area contributed by atoms with Crippen LogP contribution < -0.4 is 11.5 Å². The number of amides is 1. The lowest BCUT2D eigenvalue weighted by Gasteiger charge is -2.22. The van der Waals surface area contributed by atoms with Gasteiger partial charge in [0.05, 0.1) is 12.2 Å². The molecule has 2 rings (SSSR count). The van der Waals surface area contributed by atoms with Crippen molar-refractivity contribution in [3.05, 3.63) is 59.4 Å². The van der Waals surface area contributed by atoms with Crippen LogP contribution in [0.5, 0.6) is 0 Å². The Balaban J connectivity index is 2.17. The molecule has 2 aromatic rings. The van der Waals surface area contributed by atoms with Gasteiger partial charge in [0, 0.05) is 25.0 Å². The Morgan fingerprint density at radius 3 is 2.62 bits per heavy atom. The minimum atomic E-state index is -0.363. The van der Waals surface area contributed by atoms with Gasteiger partial charge in [0.2, 0.25) is 5.91 Å². The molecule has 5 heteroatoms. The fourth-order valence-electron chi connectivity index (χ4n) is 2.20. The van der Waals surface area contributed by atoms with E-state index in [2.05, 4.69) is 4.98 Å². The van der Waals surface area contributed by atoms with E-state index in [1.54, 1.807) is 6.20 Å². The van der Waals surface area contributed by atoms with Crippen LogP contribution in [0.3, 0.4) is 0 Å². The summed E-state index contributed by atoms with van der Waals surface area (Å²) in [4.78, 5) is 17.6. The Hall–Kier alpha value is -2.40. The number of para-hydroxylation sites is 1. The van der Waals surface area contributed by atoms with Gasteiger partial charge in [-0.2, -0.15) is 0 Å². The Morgan fingerprint density at radius 1 is 1.19 bits per heavy atom. The minimum absolute atomic E-state index is 0.171. The SMILES string of the molecule is Cc1cccnc1CN(CC(N)=O)Cc1ccccc1N. The average molecular weight is 284 g/mol. The predicted octanol–water partition coefficient (Wildman–Crippen LogP) is 1.46. The van der Waals surface area contributed by atoms with Gasteiger partial charge in [0.1, 0.15) is 0 Å². The molecule has 0 aliphatic carbocycles. The highest BCUT2D eigenvalue weighted by atomic mass is 16.1. The highest BCUT2D eigenvalue weighted by Crippen LogP contribution is 2.15. The molecular weight excluding hydrogens is 264 g/mol. The zero-order valence-electron chi connectivity index (χ0n) is 12.1. The summed E-state index contributed by atoms with van der Waals surface area (Å²) in [6, 6.07) is 11.5. The van der Waals surface area contributed by atoms with Gasteiger partial charge < -0.3 is 11.5 Å². The lowest BCUT2D eigenvalue weighted by Crippen LogP contribution is -2.33. The molecule has 1 aromatic heterocycles. The maximum atomic E-state index is 11.3. The van der Waals surface area contributed by atoms with Crippen molar-refractivity contribution in [2.45, 2.75) is 20.0 Å². The monoisotopic (exact) mass is 284 g/mol. The number of hydrogen-bond acceptors (Lipinski definition) is 4. The normalized spacial score (nSPS) is 10.8. The van der Waals surface area contributed by atoms with Crippen LogP contribution in [0.2, 0.25) is 0 Å². The number of benzene rings is 1. The van der Waals surface area contributed by atoms with Crippen molar-refractivity contribution < 1.29 is 4.79 Å². The Morgan fingerprint density at radius 2 is 1.95 bits per heavy atom. The second kappa shape index (κ2) is 6.85. The number of nitrogens with two attached hydrogens (primary N) is 2. The summed E-state index contributed by atoms with van der Waals surface area (Å²) in [5.74, 6) is -0.363. The molecule has 0 unspecified atom stereocenters. The van der Waals surface area contributed by atoms with E-state index in [4.69, 9.17) is 11.5 Å². The first-order valence-corrected chi connectivity index (χ1v) is 6.81. The van der Waals surface area contributed by atoms with Crippen LogP contribution in [-0.4, -0.2) is 22.3 Å². The van der Waals surface area contributed by atoms with Gasteiger partial charge in [-0.3, -0.25) is 14.7 Å². The van der Waals surface area contributed by atoms with Crippen molar-refractivity contribution in [1.82, 2.24) is 9.88 Å². The molecule has 0 aliphatic rings. The number of primary amides is 1. The molecule has 1 amide bonds. The van der Waals surface area contributed by atoms with E-state index in [-0.39, 0.29) is 12.5 Å². The second-order valence-corrected chi connectivity index (χ2v) is 5.08. The molecule has 4 N–H and O–H groups in total. The van der Waals surface area contributed by atoms with Crippen LogP contribution in [0.15, 0.2) is 42.6 Å². The number of hydrogen-bond donors (Lipinski definition) is 2. The Bertz CT molecular complexity index is 580. The third kappa shape index (κ3) is 4.29. The van der Waals surface area contributed by atoms with Crippen LogP contribution >= 0.6 is 0 Å². The largest absolute Gasteiger partial charge is 0.398 e. The van der Waals surface area contributed by atoms with E-state index in [9.17, 15) is 4.79 Å². The van der Waals surface area contributed by atoms with Crippen LogP contribution in [0, 0.1) is 6.92 Å². The molecular formula is C16H20N4O. The molecule has 0 aliphatic heterocycles. The van der Waals surface area contributed by atoms with Crippen LogP contribution in [0.1, 0.15) is 16.8 Å². The molecule has 0 saturated carbocycles. The molecule has 0 bridgehead atoms. The first kappa shape index (κ1) is 15.0. The van der Waals surface area contributed by atoms with E-state index in [1.807, 2.05) is 48.2 Å². The summed E-state index contributed by atoms with van der Waals surface area (Å²) in [6.07, 6.45) is 1.75. The third-order valence-electron chi connectivity index (χ3n) is 3.32. The van der Waals surface area contributed by atoms with Gasteiger partial charge in [-0.25, -0.2) is 0 Å². The quantitative estimate of drug-likeness (QED) is 0.786. The maximum absolute atomic E-state index is 11.3. The zero-order valence-corrected chi connectivity index (χ0v) is 12.1. The lowest BCUT2D eigenvalue weighted by molar-refractivity contribution is -0.119. The Labute approximate surface area is 124 Å². The number of carbonyl (C=O) groups is 1. The molecule has 1 aromatic carbocycles. The summed E-state index contributed by atoms with van der Waals surface area (Å²) in [6.45, 7) is 3.29. The summed E-state index contributed by atoms with van der Waals surface area (Å²) < 4.78 is 0. The topological polar surface area (TPSA) is 85.2 Å². The fourth-order valence-corrected chi connectivity index (χ4v) is 2.20. The van der Waals surface area contributed by atoms with Gasteiger partial charge in [-0.1, -0.05) is 24.3 Å². The van der Waals surface area contributed by atoms with E-state index in [0.29, 0.717) is 18.8 Å². The number of nitrogen functional groups attached to an aromatic ring is 1. The second-order valence-electron chi connectivity index (χ2n) is 5.08. The summed E-state index contributed by atoms with van der Waals surface area (Å²) in [7, 11) is 0. The van der Waals surface area contributed by atoms with Gasteiger partial charge in [-0.05, 0) is 30.2 Å². The molecule has 0 saturated heterocycles. The number of aryl methyl sites for hydroxylation is 1. The summed E-state index contributed by atoms with van der Waals surface area (Å²) in [5, 5.41) is 0. The number of aromatic nitrogens is 1. The maximum Gasteiger partial charge on any atom is 0.231 e. The van der Waals surface area contributed by atoms with Crippen molar-refractivity contribution in [1.29, 1.82) is 0 Å². The van der Waals surface area contributed by atoms with Gasteiger partial charge in [-0.15, -0.1) is 0 Å².